The van der Waals surface area contributed by atoms with Gasteiger partial charge in [0, 0.05) is 16.5 Å². The lowest BCUT2D eigenvalue weighted by molar-refractivity contribution is -0.145. The number of phenolic OH excluding ortho intramolecular Hbond substituents is 1. The predicted molar refractivity (Wildman–Crippen MR) is 153 cm³/mol. The number of halogens is 2. The summed E-state index contributed by atoms with van der Waals surface area (Å²) >= 11 is 13.1. The van der Waals surface area contributed by atoms with Gasteiger partial charge in [-0.3, -0.25) is 14.2 Å². The third-order valence-corrected chi connectivity index (χ3v) is 8.48. The number of hydrogen-bond acceptors (Lipinski definition) is 7. The second kappa shape index (κ2) is 14.9. The third kappa shape index (κ3) is 9.69. The zero-order chi connectivity index (χ0) is 29.3. The Bertz CT molecular complexity index is 1160. The zero-order valence-corrected chi connectivity index (χ0v) is 25.5. The maximum Gasteiger partial charge on any atom is 0.323 e. The van der Waals surface area contributed by atoms with Crippen molar-refractivity contribution in [3.63, 3.8) is 0 Å². The lowest BCUT2D eigenvalue weighted by atomic mass is 9.96. The molecule has 12 heteroatoms. The molecule has 0 bridgehead atoms. The third-order valence-electron chi connectivity index (χ3n) is 5.71. The summed E-state index contributed by atoms with van der Waals surface area (Å²) in [7, 11) is -3.70. The summed E-state index contributed by atoms with van der Waals surface area (Å²) in [5.74, 6) is -0.584. The van der Waals surface area contributed by atoms with Gasteiger partial charge >= 0.3 is 11.9 Å². The second-order valence-corrected chi connectivity index (χ2v) is 12.4. The SMILES string of the molecule is CCOC(=O)[C@H](C)NP(=O)(COc1cc(Cl)c(Cc2ccc(O)c(C(C)C)c2)c(Cl)c1)N[C@@H](C)C(=O)OCC. The first-order valence-corrected chi connectivity index (χ1v) is 15.3. The van der Waals surface area contributed by atoms with Crippen molar-refractivity contribution in [3.05, 3.63) is 57.1 Å². The van der Waals surface area contributed by atoms with Gasteiger partial charge < -0.3 is 19.3 Å². The van der Waals surface area contributed by atoms with E-state index in [9.17, 15) is 19.3 Å². The van der Waals surface area contributed by atoms with Crippen LogP contribution in [0.1, 0.15) is 64.2 Å². The van der Waals surface area contributed by atoms with Gasteiger partial charge in [0.25, 0.3) is 0 Å². The van der Waals surface area contributed by atoms with Crippen molar-refractivity contribution in [2.75, 3.05) is 19.6 Å². The molecule has 0 aliphatic rings. The second-order valence-electron chi connectivity index (χ2n) is 9.31. The van der Waals surface area contributed by atoms with Gasteiger partial charge in [0.05, 0.1) is 13.2 Å². The molecule has 0 aromatic heterocycles. The molecule has 0 saturated heterocycles. The average molecular weight is 603 g/mol. The normalized spacial score (nSPS) is 13.2. The largest absolute Gasteiger partial charge is 0.508 e. The lowest BCUT2D eigenvalue weighted by Gasteiger charge is -2.26. The van der Waals surface area contributed by atoms with Crippen LogP contribution in [-0.4, -0.2) is 48.7 Å². The van der Waals surface area contributed by atoms with Gasteiger partial charge in [-0.2, -0.15) is 0 Å². The highest BCUT2D eigenvalue weighted by Gasteiger charge is 2.32. The summed E-state index contributed by atoms with van der Waals surface area (Å²) < 4.78 is 29.5. The molecule has 2 aromatic rings. The predicted octanol–water partition coefficient (Wildman–Crippen LogP) is 6.03. The van der Waals surface area contributed by atoms with Crippen molar-refractivity contribution in [2.45, 2.75) is 66.0 Å². The lowest BCUT2D eigenvalue weighted by Crippen LogP contribution is -2.43. The molecule has 0 heterocycles. The molecule has 0 spiro atoms. The van der Waals surface area contributed by atoms with E-state index in [2.05, 4.69) is 10.2 Å². The molecule has 0 aliphatic heterocycles. The Hall–Kier alpha value is -2.29. The van der Waals surface area contributed by atoms with Gasteiger partial charge in [0.2, 0.25) is 7.44 Å². The number of carbonyl (C=O) groups is 2. The van der Waals surface area contributed by atoms with Gasteiger partial charge in [0.1, 0.15) is 23.6 Å². The standard InChI is InChI=1S/C27H37Cl2N2O7P/c1-7-36-26(33)17(5)30-39(35,31-18(6)27(34)37-8-2)15-38-20-13-23(28)22(24(29)14-20)12-19-9-10-25(32)21(11-19)16(3)4/h9-11,13-14,16-18,32H,7-8,12,15H2,1-6H3,(H2,30,31,35)/t17-,18-/m0/s1. The minimum absolute atomic E-state index is 0.141. The van der Waals surface area contributed by atoms with Gasteiger partial charge in [-0.1, -0.05) is 49.2 Å². The Kier molecular flexibility index (Phi) is 12.6. The maximum absolute atomic E-state index is 13.8. The number of benzene rings is 2. The van der Waals surface area contributed by atoms with E-state index in [4.69, 9.17) is 37.4 Å². The van der Waals surface area contributed by atoms with Crippen molar-refractivity contribution in [2.24, 2.45) is 0 Å². The quantitative estimate of drug-likeness (QED) is 0.176. The number of aromatic hydroxyl groups is 1. The number of hydrogen-bond donors (Lipinski definition) is 3. The topological polar surface area (TPSA) is 123 Å². The van der Waals surface area contributed by atoms with Gasteiger partial charge in [-0.25, -0.2) is 10.2 Å². The molecule has 2 aromatic carbocycles. The van der Waals surface area contributed by atoms with Crippen LogP contribution in [0.4, 0.5) is 0 Å². The number of phenols is 1. The van der Waals surface area contributed by atoms with Crippen LogP contribution < -0.4 is 14.9 Å². The van der Waals surface area contributed by atoms with E-state index in [0.717, 1.165) is 11.1 Å². The van der Waals surface area contributed by atoms with Crippen LogP contribution in [0.2, 0.25) is 10.0 Å². The first-order chi connectivity index (χ1) is 18.3. The van der Waals surface area contributed by atoms with Gasteiger partial charge in [0.15, 0.2) is 6.35 Å². The number of carbonyl (C=O) groups excluding carboxylic acids is 2. The van der Waals surface area contributed by atoms with Crippen LogP contribution in [-0.2, 0) is 30.0 Å². The van der Waals surface area contributed by atoms with Crippen molar-refractivity contribution in [1.29, 1.82) is 0 Å². The average Bonchev–Trinajstić information content (AvgIpc) is 2.86. The van der Waals surface area contributed by atoms with E-state index in [1.165, 1.54) is 13.8 Å². The van der Waals surface area contributed by atoms with Crippen LogP contribution in [0.5, 0.6) is 11.5 Å². The number of rotatable bonds is 14. The Labute approximate surface area is 240 Å². The monoisotopic (exact) mass is 602 g/mol. The smallest absolute Gasteiger partial charge is 0.323 e. The fourth-order valence-corrected chi connectivity index (χ4v) is 6.37. The zero-order valence-electron chi connectivity index (χ0n) is 23.0. The summed E-state index contributed by atoms with van der Waals surface area (Å²) in [5.41, 5.74) is 2.41. The van der Waals surface area contributed by atoms with E-state index < -0.39 is 37.8 Å². The summed E-state index contributed by atoms with van der Waals surface area (Å²) in [6.45, 7) is 10.6. The van der Waals surface area contributed by atoms with Crippen molar-refractivity contribution < 1.29 is 33.5 Å². The van der Waals surface area contributed by atoms with Crippen LogP contribution in [0.25, 0.3) is 0 Å². The highest BCUT2D eigenvalue weighted by molar-refractivity contribution is 7.59. The molecular weight excluding hydrogens is 566 g/mol. The minimum atomic E-state index is -3.70. The summed E-state index contributed by atoms with van der Waals surface area (Å²) in [6.07, 6.45) is -0.00410. The van der Waals surface area contributed by atoms with E-state index in [1.807, 2.05) is 19.9 Å². The van der Waals surface area contributed by atoms with Gasteiger partial charge in [-0.15, -0.1) is 0 Å². The summed E-state index contributed by atoms with van der Waals surface area (Å²) in [4.78, 5) is 24.3. The highest BCUT2D eigenvalue weighted by Crippen LogP contribution is 2.40. The van der Waals surface area contributed by atoms with Gasteiger partial charge in [-0.05, 0) is 68.5 Å². The maximum atomic E-state index is 13.8. The Morgan fingerprint density at radius 3 is 1.90 bits per heavy atom. The number of ether oxygens (including phenoxy) is 3. The Morgan fingerprint density at radius 1 is 0.923 bits per heavy atom. The number of esters is 2. The van der Waals surface area contributed by atoms with E-state index in [0.29, 0.717) is 22.0 Å². The molecular formula is C27H37Cl2N2O7P. The molecule has 2 atom stereocenters. The summed E-state index contributed by atoms with van der Waals surface area (Å²) in [5, 5.41) is 16.2. The highest BCUT2D eigenvalue weighted by atomic mass is 35.5. The molecule has 0 aliphatic carbocycles. The molecule has 3 N–H and O–H groups in total. The van der Waals surface area contributed by atoms with E-state index in [-0.39, 0.29) is 30.6 Å². The first-order valence-electron chi connectivity index (χ1n) is 12.7. The Morgan fingerprint density at radius 2 is 1.44 bits per heavy atom. The molecule has 9 nitrogen and oxygen atoms in total. The molecule has 0 fully saturated rings. The van der Waals surface area contributed by atoms with Crippen molar-refractivity contribution in [3.8, 4) is 11.5 Å². The molecule has 0 unspecified atom stereocenters. The van der Waals surface area contributed by atoms with Crippen molar-refractivity contribution in [1.82, 2.24) is 10.2 Å². The Balaban J connectivity index is 2.25. The van der Waals surface area contributed by atoms with Crippen molar-refractivity contribution >= 4 is 42.6 Å². The van der Waals surface area contributed by atoms with Crippen LogP contribution in [0, 0.1) is 0 Å². The number of nitrogens with one attached hydrogen (secondary N) is 2. The first kappa shape index (κ1) is 32.9. The molecule has 0 radical (unpaired) electrons. The fourth-order valence-electron chi connectivity index (χ4n) is 3.76. The summed E-state index contributed by atoms with van der Waals surface area (Å²) in [6, 6.07) is 6.59. The molecule has 0 amide bonds. The molecule has 39 heavy (non-hydrogen) atoms. The van der Waals surface area contributed by atoms with Crippen LogP contribution >= 0.6 is 30.6 Å². The van der Waals surface area contributed by atoms with E-state index in [1.54, 1.807) is 38.1 Å². The van der Waals surface area contributed by atoms with Crippen LogP contribution in [0.15, 0.2) is 30.3 Å². The molecule has 2 rings (SSSR count). The fraction of sp³-hybridized carbons (Fsp3) is 0.481. The molecule has 216 valence electrons. The van der Waals surface area contributed by atoms with E-state index >= 15 is 0 Å². The van der Waals surface area contributed by atoms with Crippen LogP contribution in [0.3, 0.4) is 0 Å². The minimum Gasteiger partial charge on any atom is -0.508 e. The molecule has 0 saturated carbocycles.